The van der Waals surface area contributed by atoms with Gasteiger partial charge in [0.1, 0.15) is 6.10 Å². The third-order valence-corrected chi connectivity index (χ3v) is 13.4. The fourth-order valence-corrected chi connectivity index (χ4v) is 6.36. The van der Waals surface area contributed by atoms with Gasteiger partial charge in [-0.3, -0.25) is 4.98 Å². The third kappa shape index (κ3) is 12.9. The van der Waals surface area contributed by atoms with Crippen LogP contribution < -0.4 is 0 Å². The maximum Gasteiger partial charge on any atom is 0.331 e. The third-order valence-electron chi connectivity index (χ3n) is 8.91. The highest BCUT2D eigenvalue weighted by Gasteiger charge is 2.44. The van der Waals surface area contributed by atoms with E-state index in [1.165, 1.54) is 5.57 Å². The van der Waals surface area contributed by atoms with E-state index in [4.69, 9.17) is 4.43 Å². The van der Waals surface area contributed by atoms with Gasteiger partial charge in [-0.1, -0.05) is 78.7 Å². The van der Waals surface area contributed by atoms with Crippen LogP contribution in [-0.4, -0.2) is 52.9 Å². The van der Waals surface area contributed by atoms with Crippen LogP contribution in [0.2, 0.25) is 18.1 Å². The Morgan fingerprint density at radius 2 is 1.76 bits per heavy atom. The molecule has 234 valence electrons. The van der Waals surface area contributed by atoms with Crippen molar-refractivity contribution < 1.29 is 24.5 Å². The van der Waals surface area contributed by atoms with Gasteiger partial charge in [-0.2, -0.15) is 0 Å². The van der Waals surface area contributed by atoms with Gasteiger partial charge in [0.25, 0.3) is 0 Å². The molecule has 0 aliphatic rings. The number of aliphatic hydroxyl groups excluding tert-OH is 2. The van der Waals surface area contributed by atoms with E-state index in [0.29, 0.717) is 12.3 Å². The van der Waals surface area contributed by atoms with E-state index in [-0.39, 0.29) is 17.4 Å². The van der Waals surface area contributed by atoms with Crippen LogP contribution in [0, 0.1) is 17.3 Å². The molecule has 0 saturated carbocycles. The van der Waals surface area contributed by atoms with Crippen LogP contribution in [0.3, 0.4) is 0 Å². The molecule has 5 atom stereocenters. The zero-order chi connectivity index (χ0) is 31.6. The Morgan fingerprint density at radius 3 is 2.29 bits per heavy atom. The second kappa shape index (κ2) is 16.2. The lowest BCUT2D eigenvalue weighted by molar-refractivity contribution is -0.148. The molecule has 1 aromatic heterocycles. The molecule has 0 aromatic carbocycles. The summed E-state index contributed by atoms with van der Waals surface area (Å²) in [6, 6.07) is 3.86. The highest BCUT2D eigenvalue weighted by atomic mass is 28.4. The molecule has 0 radical (unpaired) electrons. The molecule has 0 fully saturated rings. The zero-order valence-corrected chi connectivity index (χ0v) is 28.7. The van der Waals surface area contributed by atoms with Crippen molar-refractivity contribution in [2.45, 2.75) is 137 Å². The number of carboxylic acid groups (broad SMARTS) is 1. The minimum absolute atomic E-state index is 0.0451. The number of rotatable bonds is 17. The Morgan fingerprint density at radius 1 is 1.12 bits per heavy atom. The number of aromatic nitrogens is 1. The maximum absolute atomic E-state index is 12.1. The summed E-state index contributed by atoms with van der Waals surface area (Å²) in [4.78, 5) is 16.2. The Bertz CT molecular complexity index is 996. The van der Waals surface area contributed by atoms with Crippen molar-refractivity contribution >= 4 is 20.4 Å². The number of aliphatic hydroxyl groups is 2. The van der Waals surface area contributed by atoms with E-state index in [2.05, 4.69) is 65.7 Å². The molecule has 1 rings (SSSR count). The van der Waals surface area contributed by atoms with Gasteiger partial charge in [-0.25, -0.2) is 4.79 Å². The lowest BCUT2D eigenvalue weighted by Gasteiger charge is -2.41. The summed E-state index contributed by atoms with van der Waals surface area (Å²) in [5, 5.41) is 31.7. The van der Waals surface area contributed by atoms with Gasteiger partial charge in [0.2, 0.25) is 0 Å². The summed E-state index contributed by atoms with van der Waals surface area (Å²) in [7, 11) is -2.26. The van der Waals surface area contributed by atoms with E-state index in [0.717, 1.165) is 36.8 Å². The topological polar surface area (TPSA) is 99.9 Å². The van der Waals surface area contributed by atoms with Crippen molar-refractivity contribution in [3.63, 3.8) is 0 Å². The zero-order valence-electron chi connectivity index (χ0n) is 27.7. The summed E-state index contributed by atoms with van der Waals surface area (Å²) in [6.45, 7) is 22.7. The van der Waals surface area contributed by atoms with Crippen molar-refractivity contribution in [3.05, 3.63) is 47.3 Å². The molecule has 0 bridgehead atoms. The Kier molecular flexibility index (Phi) is 14.7. The fraction of sp³-hybridized carbons (Fsp3) is 0.706. The average molecular weight is 590 g/mol. The molecular weight excluding hydrogens is 530 g/mol. The van der Waals surface area contributed by atoms with Crippen molar-refractivity contribution in [1.82, 2.24) is 4.98 Å². The van der Waals surface area contributed by atoms with Gasteiger partial charge in [0.05, 0.1) is 12.2 Å². The lowest BCUT2D eigenvalue weighted by atomic mass is 9.74. The SMILES string of the molecule is C/C(=C\CC(O)/C(C)=C/c1cccnc1)CCCC(C)CC(C)C(O)C(C)(C)CC(O[Si](C)(C)C(C)(C)C)C(=O)O. The first-order valence-corrected chi connectivity index (χ1v) is 18.2. The van der Waals surface area contributed by atoms with Crippen LogP contribution in [0.15, 0.2) is 41.7 Å². The molecule has 0 saturated heterocycles. The van der Waals surface area contributed by atoms with E-state index in [9.17, 15) is 20.1 Å². The van der Waals surface area contributed by atoms with E-state index >= 15 is 0 Å². The minimum atomic E-state index is -2.26. The first-order chi connectivity index (χ1) is 18.8. The van der Waals surface area contributed by atoms with Crippen LogP contribution in [0.1, 0.15) is 106 Å². The van der Waals surface area contributed by atoms with Gasteiger partial charge >= 0.3 is 5.97 Å². The van der Waals surface area contributed by atoms with Crippen molar-refractivity contribution in [1.29, 1.82) is 0 Å². The van der Waals surface area contributed by atoms with Crippen LogP contribution in [0.5, 0.6) is 0 Å². The van der Waals surface area contributed by atoms with E-state index < -0.39 is 38.0 Å². The van der Waals surface area contributed by atoms with Gasteiger partial charge in [0, 0.05) is 12.4 Å². The van der Waals surface area contributed by atoms with Gasteiger partial charge in [-0.15, -0.1) is 0 Å². The van der Waals surface area contributed by atoms with Gasteiger partial charge in [0.15, 0.2) is 8.32 Å². The fourth-order valence-electron chi connectivity index (χ4n) is 5.11. The van der Waals surface area contributed by atoms with Crippen molar-refractivity contribution in [3.8, 4) is 0 Å². The quantitative estimate of drug-likeness (QED) is 0.125. The Balaban J connectivity index is 2.59. The van der Waals surface area contributed by atoms with Gasteiger partial charge in [-0.05, 0) is 98.5 Å². The predicted molar refractivity (Wildman–Crippen MR) is 173 cm³/mol. The number of carboxylic acids is 1. The molecular formula is C34H59NO5Si. The van der Waals surface area contributed by atoms with Crippen molar-refractivity contribution in [2.24, 2.45) is 17.3 Å². The largest absolute Gasteiger partial charge is 0.479 e. The standard InChI is InChI=1S/C34H59NO5Si/c1-24(17-18-29(36)26(3)21-28-16-13-19-35-23-28)14-12-15-25(2)20-27(4)31(37)34(8,9)22-30(32(38)39)40-41(10,11)33(5,6)7/h13,16-17,19,21,23,25,27,29-31,36-37H,12,14-15,18,20,22H2,1-11H3,(H,38,39)/b24-17+,26-21+. The Hall–Kier alpha value is -1.80. The number of allylic oxidation sites excluding steroid dienone is 1. The summed E-state index contributed by atoms with van der Waals surface area (Å²) >= 11 is 0. The Labute approximate surface area is 251 Å². The lowest BCUT2D eigenvalue weighted by Crippen LogP contribution is -2.48. The first-order valence-electron chi connectivity index (χ1n) is 15.3. The molecule has 1 aromatic rings. The minimum Gasteiger partial charge on any atom is -0.479 e. The van der Waals surface area contributed by atoms with E-state index in [1.807, 2.05) is 39.0 Å². The second-order valence-corrected chi connectivity index (χ2v) is 19.3. The summed E-state index contributed by atoms with van der Waals surface area (Å²) < 4.78 is 6.26. The molecule has 41 heavy (non-hydrogen) atoms. The van der Waals surface area contributed by atoms with E-state index in [1.54, 1.807) is 12.4 Å². The van der Waals surface area contributed by atoms with Crippen LogP contribution in [-0.2, 0) is 9.22 Å². The van der Waals surface area contributed by atoms with Crippen LogP contribution >= 0.6 is 0 Å². The number of hydrogen-bond acceptors (Lipinski definition) is 5. The van der Waals surface area contributed by atoms with Crippen LogP contribution in [0.25, 0.3) is 6.08 Å². The molecule has 3 N–H and O–H groups in total. The average Bonchev–Trinajstić information content (AvgIpc) is 2.85. The summed E-state index contributed by atoms with van der Waals surface area (Å²) in [5.74, 6) is -0.465. The number of pyridine rings is 1. The first kappa shape index (κ1) is 37.2. The molecule has 1 heterocycles. The van der Waals surface area contributed by atoms with Crippen molar-refractivity contribution in [2.75, 3.05) is 0 Å². The highest BCUT2D eigenvalue weighted by molar-refractivity contribution is 6.74. The number of nitrogens with zero attached hydrogens (tertiary/aromatic N) is 1. The molecule has 5 unspecified atom stereocenters. The number of hydrogen-bond donors (Lipinski definition) is 3. The maximum atomic E-state index is 12.1. The monoisotopic (exact) mass is 589 g/mol. The number of carbonyl (C=O) groups is 1. The number of aliphatic carboxylic acids is 1. The molecule has 0 amide bonds. The van der Waals surface area contributed by atoms with Crippen LogP contribution in [0.4, 0.5) is 0 Å². The van der Waals surface area contributed by atoms with Gasteiger partial charge < -0.3 is 19.7 Å². The smallest absolute Gasteiger partial charge is 0.331 e. The predicted octanol–water partition coefficient (Wildman–Crippen LogP) is 8.27. The normalized spacial score (nSPS) is 17.6. The molecule has 0 spiro atoms. The molecule has 7 heteroatoms. The molecule has 6 nitrogen and oxygen atoms in total. The molecule has 0 aliphatic carbocycles. The summed E-state index contributed by atoms with van der Waals surface area (Å²) in [6.07, 6.45) is 10.4. The molecule has 0 aliphatic heterocycles. The second-order valence-electron chi connectivity index (χ2n) is 14.5. The highest BCUT2D eigenvalue weighted by Crippen LogP contribution is 2.40. The summed E-state index contributed by atoms with van der Waals surface area (Å²) in [5.41, 5.74) is 2.60.